The number of rotatable bonds is 8. The van der Waals surface area contributed by atoms with Gasteiger partial charge in [-0.1, -0.05) is 147 Å². The third-order valence-corrected chi connectivity index (χ3v) is 35.6. The summed E-state index contributed by atoms with van der Waals surface area (Å²) in [5, 5.41) is 0. The summed E-state index contributed by atoms with van der Waals surface area (Å²) in [6, 6.07) is 0. The average molecular weight is 1180 g/mol. The molecule has 0 aliphatic heterocycles. The van der Waals surface area contributed by atoms with E-state index in [1.165, 1.54) is 46.2 Å². The van der Waals surface area contributed by atoms with Crippen molar-refractivity contribution in [3.63, 3.8) is 0 Å². The zero-order chi connectivity index (χ0) is 55.3. The predicted molar refractivity (Wildman–Crippen MR) is 342 cm³/mol. The fraction of sp³-hybridized carbons (Fsp3) is 0.743. The van der Waals surface area contributed by atoms with Crippen LogP contribution in [-0.4, -0.2) is 16.1 Å². The van der Waals surface area contributed by atoms with Gasteiger partial charge in [0, 0.05) is 11.1 Å². The van der Waals surface area contributed by atoms with Crippen LogP contribution in [0.5, 0.6) is 0 Å². The van der Waals surface area contributed by atoms with Crippen molar-refractivity contribution in [2.75, 3.05) is 0 Å². The van der Waals surface area contributed by atoms with Crippen molar-refractivity contribution in [1.29, 1.82) is 0 Å². The van der Waals surface area contributed by atoms with Crippen LogP contribution in [0.4, 0.5) is 0 Å². The molecule has 0 radical (unpaired) electrons. The van der Waals surface area contributed by atoms with Crippen molar-refractivity contribution in [2.24, 2.45) is 94.7 Å². The summed E-state index contributed by atoms with van der Waals surface area (Å²) in [6.45, 7) is 71.6. The quantitative estimate of drug-likeness (QED) is 0.183. The zero-order valence-electron chi connectivity index (χ0n) is 54.6. The van der Waals surface area contributed by atoms with Gasteiger partial charge in [0.05, 0.1) is 16.1 Å². The fourth-order valence-corrected chi connectivity index (χ4v) is 33.1. The van der Waals surface area contributed by atoms with Crippen molar-refractivity contribution < 1.29 is 20.8 Å². The van der Waals surface area contributed by atoms with Gasteiger partial charge in [0.2, 0.25) is 0 Å². The van der Waals surface area contributed by atoms with Crippen LogP contribution < -0.4 is 0 Å². The molecule has 6 aliphatic rings. The zero-order valence-corrected chi connectivity index (χ0v) is 60.6. The minimum atomic E-state index is -1.89. The van der Waals surface area contributed by atoms with Gasteiger partial charge in [-0.2, -0.15) is 0 Å². The predicted octanol–water partition coefficient (Wildman–Crippen LogP) is 22.8. The topological polar surface area (TPSA) is 0 Å². The van der Waals surface area contributed by atoms with E-state index in [9.17, 15) is 0 Å². The second-order valence-electron chi connectivity index (χ2n) is 28.3. The van der Waals surface area contributed by atoms with Crippen LogP contribution in [0.1, 0.15) is 214 Å². The van der Waals surface area contributed by atoms with E-state index in [0.717, 1.165) is 119 Å². The summed E-state index contributed by atoms with van der Waals surface area (Å²) >= 11 is -0.826. The number of benzene rings is 2. The maximum absolute atomic E-state index is 4.93. The van der Waals surface area contributed by atoms with Crippen molar-refractivity contribution in [1.82, 2.24) is 0 Å². The Hall–Kier alpha value is -0.183. The summed E-state index contributed by atoms with van der Waals surface area (Å²) in [5.41, 5.74) is 28.6. The molecule has 75 heavy (non-hydrogen) atoms. The van der Waals surface area contributed by atoms with Crippen LogP contribution in [0.15, 0.2) is 11.1 Å². The number of hydrogen-bond donors (Lipinski definition) is 0. The van der Waals surface area contributed by atoms with Gasteiger partial charge in [-0.15, -0.1) is 0 Å². The van der Waals surface area contributed by atoms with Gasteiger partial charge < -0.3 is 14.9 Å². The van der Waals surface area contributed by atoms with Crippen LogP contribution in [0.2, 0.25) is 37.3 Å². The minimum absolute atomic E-state index is 0. The Morgan fingerprint density at radius 1 is 0.360 bits per heavy atom. The number of hydrogen-bond acceptors (Lipinski definition) is 0. The molecule has 0 heterocycles. The van der Waals surface area contributed by atoms with Gasteiger partial charge in [0.1, 0.15) is 0 Å². The number of fused-ring (bicyclic) bond motifs is 4. The Kier molecular flexibility index (Phi) is 22.6. The van der Waals surface area contributed by atoms with Crippen molar-refractivity contribution in [2.45, 2.75) is 240 Å². The van der Waals surface area contributed by atoms with E-state index in [-0.39, 0.29) is 14.9 Å². The molecule has 2 aromatic carbocycles. The molecule has 0 N–H and O–H groups in total. The van der Waals surface area contributed by atoms with E-state index in [1.807, 2.05) is 0 Å². The molecule has 0 saturated heterocycles. The van der Waals surface area contributed by atoms with Crippen LogP contribution in [0.25, 0.3) is 11.1 Å². The Balaban J connectivity index is 0.000000301. The molecule has 20 atom stereocenters. The molecular weight excluding hydrogens is 1060 g/mol. The Morgan fingerprint density at radius 3 is 0.867 bits per heavy atom. The first-order valence-corrected chi connectivity index (χ1v) is 43.1. The Morgan fingerprint density at radius 2 is 0.613 bits per heavy atom. The number of allylic oxidation sites excluding steroid dienone is 4. The van der Waals surface area contributed by atoms with E-state index in [1.54, 1.807) is 55.7 Å². The first-order valence-electron chi connectivity index (χ1n) is 30.5. The van der Waals surface area contributed by atoms with E-state index in [0.29, 0.717) is 11.1 Å². The molecule has 424 valence electrons. The number of halogens is 2. The van der Waals surface area contributed by atoms with Crippen molar-refractivity contribution >= 4 is 44.3 Å². The molecule has 4 fully saturated rings. The van der Waals surface area contributed by atoms with E-state index < -0.39 is 37.0 Å². The molecule has 5 heteroatoms. The van der Waals surface area contributed by atoms with Crippen LogP contribution in [0.3, 0.4) is 0 Å². The molecule has 0 spiro atoms. The third-order valence-electron chi connectivity index (χ3n) is 25.9. The molecule has 0 nitrogen and oxygen atoms in total. The van der Waals surface area contributed by atoms with Crippen molar-refractivity contribution in [3.8, 4) is 0 Å². The van der Waals surface area contributed by atoms with E-state index >= 15 is 0 Å². The molecule has 2 aromatic rings. The van der Waals surface area contributed by atoms with Gasteiger partial charge >= 0.3 is 37.9 Å². The summed E-state index contributed by atoms with van der Waals surface area (Å²) < 4.78 is 0. The normalized spacial score (nSPS) is 36.8. The van der Waals surface area contributed by atoms with E-state index in [4.69, 9.17) is 17.0 Å². The van der Waals surface area contributed by atoms with Gasteiger partial charge in [-0.05, 0) is 266 Å². The first kappa shape index (κ1) is 67.3. The summed E-state index contributed by atoms with van der Waals surface area (Å²) in [4.78, 5) is 0. The Bertz CT molecular complexity index is 2260. The van der Waals surface area contributed by atoms with Gasteiger partial charge in [-0.25, -0.2) is 0 Å². The summed E-state index contributed by atoms with van der Waals surface area (Å²) in [6.07, 6.45) is 5.09. The summed E-state index contributed by atoms with van der Waals surface area (Å²) in [5.74, 6) is 14.8. The Labute approximate surface area is 488 Å². The van der Waals surface area contributed by atoms with Crippen LogP contribution >= 0.6 is 17.0 Å². The summed E-state index contributed by atoms with van der Waals surface area (Å²) in [7, 11) is 6.44. The van der Waals surface area contributed by atoms with Gasteiger partial charge in [-0.3, -0.25) is 0 Å². The first-order chi connectivity index (χ1) is 33.9. The van der Waals surface area contributed by atoms with Crippen LogP contribution in [0, 0.1) is 165 Å². The van der Waals surface area contributed by atoms with Gasteiger partial charge in [0.25, 0.3) is 0 Å². The molecule has 0 bridgehead atoms. The van der Waals surface area contributed by atoms with Crippen LogP contribution in [-0.2, 0) is 20.8 Å². The molecule has 0 aromatic heterocycles. The second kappa shape index (κ2) is 25.1. The molecule has 4 saturated carbocycles. The monoisotopic (exact) mass is 1170 g/mol. The molecule has 6 aliphatic carbocycles. The second-order valence-corrected chi connectivity index (χ2v) is 41.8. The van der Waals surface area contributed by atoms with Gasteiger partial charge in [0.15, 0.2) is 0 Å². The van der Waals surface area contributed by atoms with Crippen molar-refractivity contribution in [3.05, 3.63) is 92.8 Å². The van der Waals surface area contributed by atoms with E-state index in [2.05, 4.69) is 192 Å². The molecule has 8 rings (SSSR count). The standard InChI is InChI=1S/C34H64Si.C34H48Si.2CH3.2ClH.Zr/c2*1-15-27-25(11)33(31-23(9)19(5)17(3)21(7)29(27)31)35(13,14)34-26(12)28(16-2)30-22(8)18(4)20(6)24(10)32(30)34;;;;;/h17-34H,15-16H2,1-14H3;33-34H,15-16H2,1-14H3;2*1H3;2*1H;/q;;2*-1;;;+4/p-2. The average Bonchev–Trinajstić information content (AvgIpc) is 4.05. The fourth-order valence-electron chi connectivity index (χ4n) is 21.3. The third kappa shape index (κ3) is 10.3. The maximum atomic E-state index is 4.93. The molecular formula is C70H118Cl2Si2Zr. The molecule has 0 amide bonds. The SMILES string of the molecule is CCC1=C(C)C([Si](C)(C)C2C(C)=C(CC)c3c(C)c(C)c(C)c(C)c32)c2c(C)c(C)c(C)c(C)c21.CCC1C(C)C([Si](C)(C)C2C(C)C(CC)C3C(C)C(C)C(C)C(C)C32)C2C(C)C(C)C(C)C(C)C12.[CH3-].[CH3-].[Cl][Zr+2][Cl]. The molecule has 20 unspecified atom stereocenters.